The average molecular weight is 339 g/mol. The number of amides is 1. The fourth-order valence-electron chi connectivity index (χ4n) is 2.21. The molecule has 2 aromatic carbocycles. The van der Waals surface area contributed by atoms with Gasteiger partial charge in [0, 0.05) is 11.8 Å². The van der Waals surface area contributed by atoms with E-state index in [-0.39, 0.29) is 6.79 Å². The molecule has 0 saturated heterocycles. The van der Waals surface area contributed by atoms with Crippen LogP contribution in [0.3, 0.4) is 0 Å². The van der Waals surface area contributed by atoms with Crippen molar-refractivity contribution in [2.45, 2.75) is 13.0 Å². The molecule has 1 heterocycles. The van der Waals surface area contributed by atoms with Crippen molar-refractivity contribution in [2.75, 3.05) is 12.1 Å². The SMILES string of the molecule is C[C@H](OC(=O)/C=C/c1ccc2c(c1)OCO2)C(=O)Nc1ccccc1. The van der Waals surface area contributed by atoms with Crippen molar-refractivity contribution in [3.63, 3.8) is 0 Å². The molecule has 0 bridgehead atoms. The highest BCUT2D eigenvalue weighted by Gasteiger charge is 2.17. The molecule has 1 aliphatic heterocycles. The van der Waals surface area contributed by atoms with Gasteiger partial charge < -0.3 is 19.5 Å². The van der Waals surface area contributed by atoms with E-state index in [0.717, 1.165) is 5.56 Å². The third-order valence-corrected chi connectivity index (χ3v) is 3.51. The van der Waals surface area contributed by atoms with Gasteiger partial charge in [-0.3, -0.25) is 4.79 Å². The van der Waals surface area contributed by atoms with E-state index in [1.165, 1.54) is 13.0 Å². The van der Waals surface area contributed by atoms with Gasteiger partial charge in [-0.05, 0) is 42.8 Å². The van der Waals surface area contributed by atoms with Crippen LogP contribution in [0.15, 0.2) is 54.6 Å². The Morgan fingerprint density at radius 3 is 2.68 bits per heavy atom. The molecule has 25 heavy (non-hydrogen) atoms. The zero-order chi connectivity index (χ0) is 17.6. The van der Waals surface area contributed by atoms with Crippen LogP contribution in [-0.2, 0) is 14.3 Å². The van der Waals surface area contributed by atoms with Crippen LogP contribution in [0.2, 0.25) is 0 Å². The summed E-state index contributed by atoms with van der Waals surface area (Å²) >= 11 is 0. The summed E-state index contributed by atoms with van der Waals surface area (Å²) < 4.78 is 15.6. The zero-order valence-electron chi connectivity index (χ0n) is 13.6. The van der Waals surface area contributed by atoms with Gasteiger partial charge in [0.1, 0.15) is 0 Å². The van der Waals surface area contributed by atoms with Gasteiger partial charge in [0.25, 0.3) is 5.91 Å². The van der Waals surface area contributed by atoms with Crippen LogP contribution in [0.25, 0.3) is 6.08 Å². The lowest BCUT2D eigenvalue weighted by Gasteiger charge is -2.12. The van der Waals surface area contributed by atoms with Gasteiger partial charge in [0.15, 0.2) is 17.6 Å². The fourth-order valence-corrected chi connectivity index (χ4v) is 2.21. The highest BCUT2D eigenvalue weighted by atomic mass is 16.7. The molecular weight excluding hydrogens is 322 g/mol. The molecule has 6 heteroatoms. The lowest BCUT2D eigenvalue weighted by Crippen LogP contribution is -2.29. The van der Waals surface area contributed by atoms with E-state index in [2.05, 4.69) is 5.32 Å². The minimum atomic E-state index is -0.908. The van der Waals surface area contributed by atoms with E-state index in [1.54, 1.807) is 48.5 Å². The molecule has 0 aliphatic carbocycles. The van der Waals surface area contributed by atoms with Crippen molar-refractivity contribution >= 4 is 23.6 Å². The molecule has 2 aromatic rings. The Morgan fingerprint density at radius 1 is 1.12 bits per heavy atom. The average Bonchev–Trinajstić information content (AvgIpc) is 3.08. The second-order valence-electron chi connectivity index (χ2n) is 5.38. The van der Waals surface area contributed by atoms with Crippen molar-refractivity contribution in [3.8, 4) is 11.5 Å². The quantitative estimate of drug-likeness (QED) is 0.669. The molecule has 1 atom stereocenters. The number of benzene rings is 2. The summed E-state index contributed by atoms with van der Waals surface area (Å²) in [6.45, 7) is 1.71. The topological polar surface area (TPSA) is 73.9 Å². The molecule has 128 valence electrons. The molecule has 0 aromatic heterocycles. The van der Waals surface area contributed by atoms with Gasteiger partial charge in [-0.25, -0.2) is 4.79 Å². The number of esters is 1. The summed E-state index contributed by atoms with van der Waals surface area (Å²) in [6, 6.07) is 14.3. The predicted molar refractivity (Wildman–Crippen MR) is 92.2 cm³/mol. The van der Waals surface area contributed by atoms with Crippen molar-refractivity contribution < 1.29 is 23.8 Å². The maximum Gasteiger partial charge on any atom is 0.331 e. The van der Waals surface area contributed by atoms with E-state index < -0.39 is 18.0 Å². The highest BCUT2D eigenvalue weighted by molar-refractivity contribution is 5.96. The Labute approximate surface area is 145 Å². The Hall–Kier alpha value is -3.28. The van der Waals surface area contributed by atoms with Gasteiger partial charge in [-0.1, -0.05) is 24.3 Å². The number of hydrogen-bond acceptors (Lipinski definition) is 5. The number of rotatable bonds is 5. The normalized spacial score (nSPS) is 13.5. The first-order valence-electron chi connectivity index (χ1n) is 7.76. The number of carbonyl (C=O) groups excluding carboxylic acids is 2. The van der Waals surface area contributed by atoms with Crippen LogP contribution in [0.5, 0.6) is 11.5 Å². The number of hydrogen-bond donors (Lipinski definition) is 1. The Kier molecular flexibility index (Phi) is 4.99. The minimum Gasteiger partial charge on any atom is -0.454 e. The van der Waals surface area contributed by atoms with E-state index in [9.17, 15) is 9.59 Å². The van der Waals surface area contributed by atoms with Crippen LogP contribution in [0, 0.1) is 0 Å². The molecule has 0 fully saturated rings. The van der Waals surface area contributed by atoms with Crippen LogP contribution in [0.4, 0.5) is 5.69 Å². The molecule has 0 spiro atoms. The van der Waals surface area contributed by atoms with E-state index in [0.29, 0.717) is 17.2 Å². The second kappa shape index (κ2) is 7.53. The third-order valence-electron chi connectivity index (χ3n) is 3.51. The lowest BCUT2D eigenvalue weighted by atomic mass is 10.2. The van der Waals surface area contributed by atoms with Crippen LogP contribution >= 0.6 is 0 Å². The highest BCUT2D eigenvalue weighted by Crippen LogP contribution is 2.32. The summed E-state index contributed by atoms with van der Waals surface area (Å²) in [6.07, 6.45) is 1.95. The lowest BCUT2D eigenvalue weighted by molar-refractivity contribution is -0.148. The summed E-state index contributed by atoms with van der Waals surface area (Å²) in [7, 11) is 0. The van der Waals surface area contributed by atoms with Crippen molar-refractivity contribution in [2.24, 2.45) is 0 Å². The first-order valence-corrected chi connectivity index (χ1v) is 7.76. The molecule has 1 amide bonds. The van der Waals surface area contributed by atoms with Crippen LogP contribution in [0.1, 0.15) is 12.5 Å². The van der Waals surface area contributed by atoms with E-state index in [4.69, 9.17) is 14.2 Å². The molecule has 0 radical (unpaired) electrons. The maximum absolute atomic E-state index is 12.0. The summed E-state index contributed by atoms with van der Waals surface area (Å²) in [5.74, 6) is 0.307. The van der Waals surface area contributed by atoms with Gasteiger partial charge in [0.05, 0.1) is 0 Å². The number of fused-ring (bicyclic) bond motifs is 1. The Morgan fingerprint density at radius 2 is 1.88 bits per heavy atom. The first kappa shape index (κ1) is 16.6. The van der Waals surface area contributed by atoms with E-state index >= 15 is 0 Å². The zero-order valence-corrected chi connectivity index (χ0v) is 13.6. The van der Waals surface area contributed by atoms with Gasteiger partial charge in [-0.2, -0.15) is 0 Å². The van der Waals surface area contributed by atoms with Crippen molar-refractivity contribution in [1.82, 2.24) is 0 Å². The van der Waals surface area contributed by atoms with Crippen molar-refractivity contribution in [3.05, 3.63) is 60.2 Å². The largest absolute Gasteiger partial charge is 0.454 e. The molecule has 0 saturated carbocycles. The van der Waals surface area contributed by atoms with E-state index in [1.807, 2.05) is 6.07 Å². The van der Waals surface area contributed by atoms with Crippen molar-refractivity contribution in [1.29, 1.82) is 0 Å². The maximum atomic E-state index is 12.0. The van der Waals surface area contributed by atoms with Gasteiger partial charge in [0.2, 0.25) is 6.79 Å². The van der Waals surface area contributed by atoms with Crippen LogP contribution < -0.4 is 14.8 Å². The number of ether oxygens (including phenoxy) is 3. The smallest absolute Gasteiger partial charge is 0.331 e. The molecule has 0 unspecified atom stereocenters. The predicted octanol–water partition coefficient (Wildman–Crippen LogP) is 3.00. The summed E-state index contributed by atoms with van der Waals surface area (Å²) in [5.41, 5.74) is 1.41. The second-order valence-corrected chi connectivity index (χ2v) is 5.38. The summed E-state index contributed by atoms with van der Waals surface area (Å²) in [4.78, 5) is 23.9. The molecular formula is C19H17NO5. The molecule has 6 nitrogen and oxygen atoms in total. The van der Waals surface area contributed by atoms with Crippen LogP contribution in [-0.4, -0.2) is 24.8 Å². The first-order chi connectivity index (χ1) is 12.1. The molecule has 3 rings (SSSR count). The van der Waals surface area contributed by atoms with Gasteiger partial charge >= 0.3 is 5.97 Å². The van der Waals surface area contributed by atoms with Gasteiger partial charge in [-0.15, -0.1) is 0 Å². The standard InChI is InChI=1S/C19H17NO5/c1-13(19(22)20-15-5-3-2-4-6-15)25-18(21)10-8-14-7-9-16-17(11-14)24-12-23-16/h2-11,13H,12H2,1H3,(H,20,22)/b10-8+/t13-/m0/s1. The number of nitrogens with one attached hydrogen (secondary N) is 1. The number of carbonyl (C=O) groups is 2. The summed E-state index contributed by atoms with van der Waals surface area (Å²) in [5, 5.41) is 2.68. The minimum absolute atomic E-state index is 0.193. The Balaban J connectivity index is 1.53. The number of para-hydroxylation sites is 1. The Bertz CT molecular complexity index is 801. The number of anilines is 1. The molecule has 1 aliphatic rings. The monoisotopic (exact) mass is 339 g/mol. The third kappa shape index (κ3) is 4.38. The molecule has 1 N–H and O–H groups in total. The fraction of sp³-hybridized carbons (Fsp3) is 0.158.